The molecule has 8 N–H and O–H groups in total. The summed E-state index contributed by atoms with van der Waals surface area (Å²) in [5.74, 6) is -1.81. The Morgan fingerprint density at radius 1 is 0.519 bits per heavy atom. The molecule has 2 unspecified atom stereocenters. The van der Waals surface area contributed by atoms with E-state index in [1.165, 1.54) is 4.90 Å². The summed E-state index contributed by atoms with van der Waals surface area (Å²) >= 11 is 0. The smallest absolute Gasteiger partial charge is 0.321 e. The van der Waals surface area contributed by atoms with Gasteiger partial charge >= 0.3 is 12.1 Å². The molecule has 9 rings (SSSR count). The van der Waals surface area contributed by atoms with Crippen LogP contribution in [-0.4, -0.2) is 157 Å². The summed E-state index contributed by atoms with van der Waals surface area (Å²) in [6.07, 6.45) is 2.49. The lowest BCUT2D eigenvalue weighted by Crippen LogP contribution is -2.62. The Kier molecular flexibility index (Phi) is 18.8. The summed E-state index contributed by atoms with van der Waals surface area (Å²) in [4.78, 5) is 106. The number of hydrogen-bond acceptors (Lipinski definition) is 10. The summed E-state index contributed by atoms with van der Waals surface area (Å²) in [5.41, 5.74) is 5.91. The third-order valence-corrected chi connectivity index (χ3v) is 16.6. The third-order valence-electron chi connectivity index (χ3n) is 16.6. The summed E-state index contributed by atoms with van der Waals surface area (Å²) < 4.78 is 0. The van der Waals surface area contributed by atoms with Gasteiger partial charge in [0.2, 0.25) is 29.5 Å². The Morgan fingerprint density at radius 3 is 1.54 bits per heavy atom. The molecule has 9 amide bonds. The van der Waals surface area contributed by atoms with Crippen molar-refractivity contribution in [3.8, 4) is 0 Å². The van der Waals surface area contributed by atoms with E-state index in [0.717, 1.165) is 27.8 Å². The number of anilines is 2. The van der Waals surface area contributed by atoms with E-state index in [1.54, 1.807) is 62.0 Å². The fraction of sp³-hybridized carbons (Fsp3) is 0.403. The molecular weight excluding hydrogens is 1020 g/mol. The molecule has 0 spiro atoms. The number of fused-ring (bicyclic) bond motifs is 2. The third kappa shape index (κ3) is 13.4. The number of nitrogens with one attached hydrogen (secondary N) is 8. The van der Waals surface area contributed by atoms with Crippen LogP contribution in [0.25, 0.3) is 0 Å². The molecule has 5 aromatic carbocycles. The van der Waals surface area contributed by atoms with Gasteiger partial charge in [-0.05, 0) is 113 Å². The Labute approximate surface area is 474 Å². The minimum absolute atomic E-state index is 0.00809. The van der Waals surface area contributed by atoms with Crippen LogP contribution >= 0.6 is 0 Å². The zero-order valence-electron chi connectivity index (χ0n) is 46.8. The molecule has 4 saturated heterocycles. The Bertz CT molecular complexity index is 2990. The SMILES string of the molecule is CNC(c1ccccc1)c1ccccc1C1C[C@@H]2CCN(C(=O)Nc3cccc(NC(=O)N4CC[C@H]5CC[C@@H](C(=O)NC(c6ccccc6)c6ccccc6)N5C(=O)[C@@H](NC(=O)[C@H](C)NC)C4)c3)C[C@H](NC(=O)[C@H](C)NC)C(=O)N2C1. The first-order chi connectivity index (χ1) is 39.2. The maximum atomic E-state index is 14.8. The lowest BCUT2D eigenvalue weighted by molar-refractivity contribution is -0.144. The average molecular weight is 1100 g/mol. The topological polar surface area (TPSA) is 229 Å². The molecule has 0 radical (unpaired) electrons. The Balaban J connectivity index is 0.888. The van der Waals surface area contributed by atoms with Crippen LogP contribution in [0, 0.1) is 0 Å². The zero-order chi connectivity index (χ0) is 57.2. The van der Waals surface area contributed by atoms with Crippen molar-refractivity contribution in [3.63, 3.8) is 0 Å². The van der Waals surface area contributed by atoms with Gasteiger partial charge < -0.3 is 62.1 Å². The molecular formula is C62H76N12O7. The Hall–Kier alpha value is -8.13. The van der Waals surface area contributed by atoms with Gasteiger partial charge in [0.1, 0.15) is 18.1 Å². The maximum Gasteiger partial charge on any atom is 0.321 e. The van der Waals surface area contributed by atoms with E-state index >= 15 is 0 Å². The van der Waals surface area contributed by atoms with E-state index in [9.17, 15) is 33.6 Å². The second-order valence-electron chi connectivity index (χ2n) is 21.6. The van der Waals surface area contributed by atoms with Gasteiger partial charge in [-0.15, -0.1) is 0 Å². The van der Waals surface area contributed by atoms with Gasteiger partial charge in [-0.25, -0.2) is 9.59 Å². The predicted octanol–water partition coefficient (Wildman–Crippen LogP) is 5.31. The highest BCUT2D eigenvalue weighted by atomic mass is 16.2. The largest absolute Gasteiger partial charge is 0.343 e. The van der Waals surface area contributed by atoms with Gasteiger partial charge in [-0.1, -0.05) is 121 Å². The number of carbonyl (C=O) groups excluding carboxylic acids is 7. The number of likely N-dealkylation sites (N-methyl/N-ethyl adjacent to an activating group) is 2. The number of carbonyl (C=O) groups is 7. The summed E-state index contributed by atoms with van der Waals surface area (Å²) in [6.45, 7) is 4.10. The van der Waals surface area contributed by atoms with Crippen molar-refractivity contribution in [3.05, 3.63) is 167 Å². The van der Waals surface area contributed by atoms with Crippen molar-refractivity contribution in [2.24, 2.45) is 0 Å². The van der Waals surface area contributed by atoms with Crippen LogP contribution in [0.3, 0.4) is 0 Å². The number of rotatable bonds is 16. The number of nitrogens with zero attached hydrogens (tertiary/aromatic N) is 4. The molecule has 81 heavy (non-hydrogen) atoms. The fourth-order valence-electron chi connectivity index (χ4n) is 11.9. The molecule has 0 bridgehead atoms. The van der Waals surface area contributed by atoms with Gasteiger partial charge in [0.15, 0.2) is 0 Å². The second-order valence-corrected chi connectivity index (χ2v) is 21.6. The molecule has 19 nitrogen and oxygen atoms in total. The van der Waals surface area contributed by atoms with Gasteiger partial charge in [0.25, 0.3) is 0 Å². The molecule has 0 saturated carbocycles. The second kappa shape index (κ2) is 26.4. The monoisotopic (exact) mass is 1100 g/mol. The minimum atomic E-state index is -1.18. The van der Waals surface area contributed by atoms with Crippen molar-refractivity contribution in [1.82, 2.24) is 51.5 Å². The first kappa shape index (κ1) is 57.6. The van der Waals surface area contributed by atoms with Crippen LogP contribution < -0.4 is 42.5 Å². The minimum Gasteiger partial charge on any atom is -0.343 e. The van der Waals surface area contributed by atoms with Crippen LogP contribution in [0.5, 0.6) is 0 Å². The molecule has 4 fully saturated rings. The fourth-order valence-corrected chi connectivity index (χ4v) is 11.9. The first-order valence-electron chi connectivity index (χ1n) is 28.3. The Morgan fingerprint density at radius 2 is 1.01 bits per heavy atom. The number of hydrogen-bond donors (Lipinski definition) is 8. The molecule has 426 valence electrons. The van der Waals surface area contributed by atoms with Crippen molar-refractivity contribution in [1.29, 1.82) is 0 Å². The quantitative estimate of drug-likeness (QED) is 0.0636. The van der Waals surface area contributed by atoms with Gasteiger partial charge in [-0.3, -0.25) is 24.0 Å². The predicted molar refractivity (Wildman–Crippen MR) is 311 cm³/mol. The van der Waals surface area contributed by atoms with E-state index in [4.69, 9.17) is 0 Å². The molecule has 4 aliphatic heterocycles. The number of amides is 9. The molecule has 5 aromatic rings. The van der Waals surface area contributed by atoms with E-state index in [-0.39, 0.29) is 61.4 Å². The normalized spacial score (nSPS) is 22.2. The van der Waals surface area contributed by atoms with E-state index in [1.807, 2.05) is 103 Å². The standard InChI is InChI=1S/C62H76N12O7/c1-39(63-3)56(75)68-51-37-72(33-31-48-34-44(36-73(48)59(51)78)49-26-15-16-27-50(49)55(65-5)43-22-13-8-14-23-43)62(81)67-46-25-17-24-45(35-46)66-61(80)71-32-30-47-28-29-53(74(47)60(79)52(38-71)69-57(76)40(2)64-4)58(77)70-54(41-18-9-6-10-19-41)42-20-11-7-12-21-42/h6-27,35,39-40,44,47-48,51-55,63-65H,28-34,36-38H2,1-5H3,(H,66,80)(H,67,81)(H,68,75)(H,69,76)(H,70,77)/t39-,40-,44?,47+,48-,51-,52-,53-,55?/m0/s1. The van der Waals surface area contributed by atoms with E-state index < -0.39 is 60.1 Å². The van der Waals surface area contributed by atoms with Gasteiger partial charge in [0.05, 0.1) is 37.3 Å². The van der Waals surface area contributed by atoms with Crippen molar-refractivity contribution >= 4 is 53.0 Å². The van der Waals surface area contributed by atoms with Crippen molar-refractivity contribution in [2.45, 2.75) is 106 Å². The van der Waals surface area contributed by atoms with Crippen LogP contribution in [0.15, 0.2) is 140 Å². The van der Waals surface area contributed by atoms with Crippen LogP contribution in [0.2, 0.25) is 0 Å². The molecule has 9 atom stereocenters. The first-order valence-corrected chi connectivity index (χ1v) is 28.3. The highest BCUT2D eigenvalue weighted by Gasteiger charge is 2.47. The molecule has 0 aliphatic carbocycles. The van der Waals surface area contributed by atoms with Crippen molar-refractivity contribution in [2.75, 3.05) is 64.5 Å². The maximum absolute atomic E-state index is 14.8. The number of urea groups is 2. The molecule has 4 aliphatic rings. The summed E-state index contributed by atoms with van der Waals surface area (Å²) in [6, 6.07) is 38.2. The molecule has 19 heteroatoms. The zero-order valence-corrected chi connectivity index (χ0v) is 46.8. The molecule has 0 aromatic heterocycles. The highest BCUT2D eigenvalue weighted by Crippen LogP contribution is 2.39. The number of benzene rings is 5. The van der Waals surface area contributed by atoms with Crippen LogP contribution in [0.1, 0.15) is 91.8 Å². The van der Waals surface area contributed by atoms with Gasteiger partial charge in [0, 0.05) is 49.0 Å². The average Bonchev–Trinajstić information content (AvgIpc) is 4.12. The van der Waals surface area contributed by atoms with Gasteiger partial charge in [-0.2, -0.15) is 0 Å². The molecule has 4 heterocycles. The lowest BCUT2D eigenvalue weighted by atomic mass is 9.86. The van der Waals surface area contributed by atoms with E-state index in [2.05, 4.69) is 66.8 Å². The lowest BCUT2D eigenvalue weighted by Gasteiger charge is -2.39. The van der Waals surface area contributed by atoms with Crippen LogP contribution in [0.4, 0.5) is 21.0 Å². The van der Waals surface area contributed by atoms with E-state index in [0.29, 0.717) is 56.6 Å². The van der Waals surface area contributed by atoms with Crippen LogP contribution in [-0.2, 0) is 24.0 Å². The van der Waals surface area contributed by atoms with Crippen molar-refractivity contribution < 1.29 is 33.6 Å². The summed E-state index contributed by atoms with van der Waals surface area (Å²) in [5, 5.41) is 24.3. The summed E-state index contributed by atoms with van der Waals surface area (Å²) in [7, 11) is 5.25. The highest BCUT2D eigenvalue weighted by molar-refractivity contribution is 5.97.